The number of hydrogen-bond acceptors (Lipinski definition) is 3. The number of aryl methyl sites for hydroxylation is 2. The van der Waals surface area contributed by atoms with Gasteiger partial charge >= 0.3 is 5.97 Å². The molecule has 0 bridgehead atoms. The van der Waals surface area contributed by atoms with Crippen LogP contribution in [0.25, 0.3) is 0 Å². The summed E-state index contributed by atoms with van der Waals surface area (Å²) in [5.41, 5.74) is 2.70. The third-order valence-electron chi connectivity index (χ3n) is 3.40. The highest BCUT2D eigenvalue weighted by atomic mass is 35.5. The summed E-state index contributed by atoms with van der Waals surface area (Å²) < 4.78 is 18.5. The second kappa shape index (κ2) is 7.93. The Balaban J connectivity index is 1.88. The Morgan fingerprint density at radius 1 is 1.21 bits per heavy atom. The molecule has 0 unspecified atom stereocenters. The molecule has 126 valence electrons. The third-order valence-corrected chi connectivity index (χ3v) is 3.76. The van der Waals surface area contributed by atoms with Crippen molar-refractivity contribution in [1.82, 2.24) is 0 Å². The average Bonchev–Trinajstić information content (AvgIpc) is 2.52. The van der Waals surface area contributed by atoms with Crippen molar-refractivity contribution in [3.05, 3.63) is 63.9 Å². The Kier molecular flexibility index (Phi) is 5.93. The van der Waals surface area contributed by atoms with E-state index in [9.17, 15) is 14.0 Å². The van der Waals surface area contributed by atoms with Gasteiger partial charge in [-0.1, -0.05) is 35.4 Å². The van der Waals surface area contributed by atoms with Crippen molar-refractivity contribution >= 4 is 29.2 Å². The minimum Gasteiger partial charge on any atom is -0.455 e. The molecule has 0 fully saturated rings. The van der Waals surface area contributed by atoms with Crippen LogP contribution in [0, 0.1) is 19.7 Å². The molecular weight excluding hydrogens is 333 g/mol. The first-order valence-electron chi connectivity index (χ1n) is 7.32. The van der Waals surface area contributed by atoms with Crippen LogP contribution in [0.2, 0.25) is 5.02 Å². The first kappa shape index (κ1) is 17.9. The normalized spacial score (nSPS) is 10.3. The van der Waals surface area contributed by atoms with Crippen molar-refractivity contribution in [2.24, 2.45) is 0 Å². The number of carbonyl (C=O) groups excluding carboxylic acids is 2. The van der Waals surface area contributed by atoms with Gasteiger partial charge in [0, 0.05) is 16.3 Å². The van der Waals surface area contributed by atoms with E-state index in [1.807, 2.05) is 26.0 Å². The van der Waals surface area contributed by atoms with E-state index in [2.05, 4.69) is 5.32 Å². The second-order valence-electron chi connectivity index (χ2n) is 5.40. The maximum Gasteiger partial charge on any atom is 0.310 e. The van der Waals surface area contributed by atoms with Gasteiger partial charge < -0.3 is 10.1 Å². The minimum absolute atomic E-state index is 0.0546. The summed E-state index contributed by atoms with van der Waals surface area (Å²) >= 11 is 5.85. The zero-order valence-corrected chi connectivity index (χ0v) is 14.1. The predicted octanol–water partition coefficient (Wildman–Crippen LogP) is 3.82. The van der Waals surface area contributed by atoms with E-state index >= 15 is 0 Å². The summed E-state index contributed by atoms with van der Waals surface area (Å²) in [6, 6.07) is 9.73. The molecule has 1 amide bonds. The molecule has 0 spiro atoms. The Labute approximate surface area is 144 Å². The standard InChI is InChI=1S/C18H17ClFNO3/c1-11-6-7-16(12(2)8-11)21-17(22)10-24-18(23)9-13-14(19)4-3-5-15(13)20/h3-8H,9-10H2,1-2H3,(H,21,22). The van der Waals surface area contributed by atoms with E-state index in [-0.39, 0.29) is 17.0 Å². The van der Waals surface area contributed by atoms with Gasteiger partial charge in [0.2, 0.25) is 0 Å². The maximum absolute atomic E-state index is 13.6. The molecule has 2 aromatic rings. The van der Waals surface area contributed by atoms with Gasteiger partial charge in [-0.15, -0.1) is 0 Å². The monoisotopic (exact) mass is 349 g/mol. The molecule has 4 nitrogen and oxygen atoms in total. The molecule has 6 heteroatoms. The quantitative estimate of drug-likeness (QED) is 0.835. The summed E-state index contributed by atoms with van der Waals surface area (Å²) in [6.45, 7) is 3.38. The number of esters is 1. The smallest absolute Gasteiger partial charge is 0.310 e. The second-order valence-corrected chi connectivity index (χ2v) is 5.81. The molecule has 0 aliphatic heterocycles. The molecule has 0 saturated carbocycles. The summed E-state index contributed by atoms with van der Waals surface area (Å²) in [4.78, 5) is 23.6. The van der Waals surface area contributed by atoms with E-state index < -0.39 is 24.3 Å². The largest absolute Gasteiger partial charge is 0.455 e. The van der Waals surface area contributed by atoms with Crippen LogP contribution in [-0.4, -0.2) is 18.5 Å². The average molecular weight is 350 g/mol. The van der Waals surface area contributed by atoms with Crippen LogP contribution in [0.4, 0.5) is 10.1 Å². The summed E-state index contributed by atoms with van der Waals surface area (Å²) in [5, 5.41) is 2.81. The number of amides is 1. The van der Waals surface area contributed by atoms with Crippen molar-refractivity contribution in [2.75, 3.05) is 11.9 Å². The van der Waals surface area contributed by atoms with Crippen molar-refractivity contribution in [3.8, 4) is 0 Å². The molecule has 1 N–H and O–H groups in total. The van der Waals surface area contributed by atoms with Gasteiger partial charge in [0.15, 0.2) is 6.61 Å². The minimum atomic E-state index is -0.724. The lowest BCUT2D eigenvalue weighted by Crippen LogP contribution is -2.22. The zero-order valence-electron chi connectivity index (χ0n) is 13.4. The summed E-state index contributed by atoms with van der Waals surface area (Å²) in [5.74, 6) is -1.77. The topological polar surface area (TPSA) is 55.4 Å². The van der Waals surface area contributed by atoms with Gasteiger partial charge in [-0.3, -0.25) is 9.59 Å². The van der Waals surface area contributed by atoms with Gasteiger partial charge in [0.05, 0.1) is 6.42 Å². The Morgan fingerprint density at radius 3 is 2.62 bits per heavy atom. The summed E-state index contributed by atoms with van der Waals surface area (Å²) in [7, 11) is 0. The Bertz CT molecular complexity index is 757. The molecule has 0 atom stereocenters. The van der Waals surface area contributed by atoms with Crippen LogP contribution in [0.1, 0.15) is 16.7 Å². The first-order chi connectivity index (χ1) is 11.4. The molecule has 0 aromatic heterocycles. The molecule has 0 aliphatic carbocycles. The van der Waals surface area contributed by atoms with Crippen LogP contribution in [0.5, 0.6) is 0 Å². The van der Waals surface area contributed by atoms with Crippen molar-refractivity contribution < 1.29 is 18.7 Å². The highest BCUT2D eigenvalue weighted by Crippen LogP contribution is 2.20. The molecule has 2 aromatic carbocycles. The number of ether oxygens (including phenoxy) is 1. The van der Waals surface area contributed by atoms with Crippen LogP contribution < -0.4 is 5.32 Å². The third kappa shape index (κ3) is 4.80. The van der Waals surface area contributed by atoms with Crippen LogP contribution in [0.3, 0.4) is 0 Å². The fourth-order valence-corrected chi connectivity index (χ4v) is 2.41. The SMILES string of the molecule is Cc1ccc(NC(=O)COC(=O)Cc2c(F)cccc2Cl)c(C)c1. The fraction of sp³-hybridized carbons (Fsp3) is 0.222. The van der Waals surface area contributed by atoms with Gasteiger partial charge in [-0.05, 0) is 37.6 Å². The van der Waals surface area contributed by atoms with Gasteiger partial charge in [-0.2, -0.15) is 0 Å². The maximum atomic E-state index is 13.6. The molecule has 0 heterocycles. The van der Waals surface area contributed by atoms with E-state index in [1.165, 1.54) is 18.2 Å². The highest BCUT2D eigenvalue weighted by molar-refractivity contribution is 6.31. The number of rotatable bonds is 5. The van der Waals surface area contributed by atoms with Gasteiger partial charge in [-0.25, -0.2) is 4.39 Å². The van der Waals surface area contributed by atoms with Crippen LogP contribution >= 0.6 is 11.6 Å². The molecule has 24 heavy (non-hydrogen) atoms. The Hall–Kier alpha value is -2.40. The zero-order chi connectivity index (χ0) is 17.7. The molecule has 0 saturated heterocycles. The molecule has 0 radical (unpaired) electrons. The predicted molar refractivity (Wildman–Crippen MR) is 90.6 cm³/mol. The lowest BCUT2D eigenvalue weighted by molar-refractivity contribution is -0.146. The van der Waals surface area contributed by atoms with E-state index in [4.69, 9.17) is 16.3 Å². The van der Waals surface area contributed by atoms with E-state index in [0.717, 1.165) is 11.1 Å². The van der Waals surface area contributed by atoms with Gasteiger partial charge in [0.1, 0.15) is 5.82 Å². The van der Waals surface area contributed by atoms with E-state index in [1.54, 1.807) is 6.07 Å². The number of nitrogens with one attached hydrogen (secondary N) is 1. The summed E-state index contributed by atoms with van der Waals surface area (Å²) in [6.07, 6.45) is -0.331. The molecule has 0 aliphatic rings. The molecule has 2 rings (SSSR count). The van der Waals surface area contributed by atoms with Crippen molar-refractivity contribution in [3.63, 3.8) is 0 Å². The molecular formula is C18H17ClFNO3. The number of carbonyl (C=O) groups is 2. The van der Waals surface area contributed by atoms with Gasteiger partial charge in [0.25, 0.3) is 5.91 Å². The van der Waals surface area contributed by atoms with Crippen molar-refractivity contribution in [1.29, 1.82) is 0 Å². The van der Waals surface area contributed by atoms with Crippen molar-refractivity contribution in [2.45, 2.75) is 20.3 Å². The number of halogens is 2. The number of benzene rings is 2. The number of anilines is 1. The fourth-order valence-electron chi connectivity index (χ4n) is 2.18. The Morgan fingerprint density at radius 2 is 1.96 bits per heavy atom. The lowest BCUT2D eigenvalue weighted by atomic mass is 10.1. The highest BCUT2D eigenvalue weighted by Gasteiger charge is 2.14. The van der Waals surface area contributed by atoms with Crippen LogP contribution in [-0.2, 0) is 20.7 Å². The van der Waals surface area contributed by atoms with E-state index in [0.29, 0.717) is 5.69 Å². The van der Waals surface area contributed by atoms with Crippen LogP contribution in [0.15, 0.2) is 36.4 Å². The first-order valence-corrected chi connectivity index (χ1v) is 7.70. The lowest BCUT2D eigenvalue weighted by Gasteiger charge is -2.10. The number of hydrogen-bond donors (Lipinski definition) is 1.